The van der Waals surface area contributed by atoms with E-state index in [1.54, 1.807) is 4.68 Å². The molecule has 0 fully saturated rings. The molecule has 2 rings (SSSR count). The van der Waals surface area contributed by atoms with E-state index in [2.05, 4.69) is 30.9 Å². The zero-order valence-electron chi connectivity index (χ0n) is 10.3. The molecule has 4 heteroatoms. The van der Waals surface area contributed by atoms with Crippen molar-refractivity contribution >= 4 is 22.6 Å². The molecule has 16 heavy (non-hydrogen) atoms. The highest BCUT2D eigenvalue weighted by Crippen LogP contribution is 2.34. The van der Waals surface area contributed by atoms with Crippen LogP contribution in [0, 0.1) is 6.92 Å². The van der Waals surface area contributed by atoms with E-state index in [9.17, 15) is 0 Å². The molecule has 2 aromatic rings. The summed E-state index contributed by atoms with van der Waals surface area (Å²) in [7, 11) is 1.88. The van der Waals surface area contributed by atoms with E-state index in [0.29, 0.717) is 0 Å². The molecule has 0 saturated carbocycles. The van der Waals surface area contributed by atoms with E-state index in [-0.39, 0.29) is 5.41 Å². The summed E-state index contributed by atoms with van der Waals surface area (Å²) in [5.74, 6) is 0. The van der Waals surface area contributed by atoms with Gasteiger partial charge in [-0.1, -0.05) is 32.4 Å². The minimum absolute atomic E-state index is 0.000550. The van der Waals surface area contributed by atoms with E-state index in [1.807, 2.05) is 20.2 Å². The Morgan fingerprint density at radius 3 is 2.50 bits per heavy atom. The molecule has 0 bridgehead atoms. The van der Waals surface area contributed by atoms with E-state index in [0.717, 1.165) is 27.3 Å². The minimum Gasteiger partial charge on any atom is -0.250 e. The summed E-state index contributed by atoms with van der Waals surface area (Å²) in [6, 6.07) is 0. The first kappa shape index (κ1) is 11.4. The molecule has 2 aromatic heterocycles. The quantitative estimate of drug-likeness (QED) is 0.704. The third-order valence-electron chi connectivity index (χ3n) is 2.77. The van der Waals surface area contributed by atoms with Gasteiger partial charge in [-0.25, -0.2) is 4.98 Å². The van der Waals surface area contributed by atoms with Crippen LogP contribution in [-0.4, -0.2) is 14.8 Å². The topological polar surface area (TPSA) is 30.7 Å². The van der Waals surface area contributed by atoms with Crippen molar-refractivity contribution in [1.29, 1.82) is 0 Å². The van der Waals surface area contributed by atoms with Crippen LogP contribution >= 0.6 is 11.6 Å². The molecule has 86 valence electrons. The Bertz CT molecular complexity index is 549. The molecule has 0 radical (unpaired) electrons. The highest BCUT2D eigenvalue weighted by Gasteiger charge is 2.21. The second-order valence-corrected chi connectivity index (χ2v) is 5.52. The van der Waals surface area contributed by atoms with Crippen LogP contribution in [0.2, 0.25) is 5.02 Å². The number of hydrogen-bond donors (Lipinski definition) is 0. The molecule has 0 unspecified atom stereocenters. The van der Waals surface area contributed by atoms with Crippen molar-refractivity contribution < 1.29 is 0 Å². The molecule has 0 spiro atoms. The third-order valence-corrected chi connectivity index (χ3v) is 3.16. The molecular formula is C12H16ClN3. The first-order valence-electron chi connectivity index (χ1n) is 5.30. The Labute approximate surface area is 100 Å². The van der Waals surface area contributed by atoms with E-state index in [4.69, 9.17) is 11.6 Å². The first-order valence-corrected chi connectivity index (χ1v) is 5.68. The Morgan fingerprint density at radius 2 is 1.94 bits per heavy atom. The van der Waals surface area contributed by atoms with Crippen LogP contribution in [0.25, 0.3) is 11.0 Å². The molecule has 0 amide bonds. The lowest BCUT2D eigenvalue weighted by Crippen LogP contribution is -2.12. The minimum atomic E-state index is 0.000550. The van der Waals surface area contributed by atoms with Crippen LogP contribution in [0.5, 0.6) is 0 Å². The van der Waals surface area contributed by atoms with Crippen molar-refractivity contribution in [1.82, 2.24) is 14.8 Å². The Hall–Kier alpha value is -1.09. The number of aromatic nitrogens is 3. The van der Waals surface area contributed by atoms with E-state index in [1.165, 1.54) is 0 Å². The van der Waals surface area contributed by atoms with Gasteiger partial charge in [-0.2, -0.15) is 5.10 Å². The fourth-order valence-corrected chi connectivity index (χ4v) is 2.44. The zero-order chi connectivity index (χ0) is 12.1. The van der Waals surface area contributed by atoms with E-state index >= 15 is 0 Å². The number of pyridine rings is 1. The maximum Gasteiger partial charge on any atom is 0.159 e. The lowest BCUT2D eigenvalue weighted by Gasteiger charge is -2.20. The predicted molar refractivity (Wildman–Crippen MR) is 67.0 cm³/mol. The van der Waals surface area contributed by atoms with Crippen molar-refractivity contribution in [3.8, 4) is 0 Å². The van der Waals surface area contributed by atoms with Crippen LogP contribution < -0.4 is 0 Å². The van der Waals surface area contributed by atoms with Crippen LogP contribution in [-0.2, 0) is 12.5 Å². The van der Waals surface area contributed by atoms with Crippen molar-refractivity contribution in [2.45, 2.75) is 33.1 Å². The average molecular weight is 238 g/mol. The summed E-state index contributed by atoms with van der Waals surface area (Å²) in [4.78, 5) is 4.44. The second kappa shape index (κ2) is 3.45. The van der Waals surface area contributed by atoms with Crippen molar-refractivity contribution in [3.63, 3.8) is 0 Å². The third kappa shape index (κ3) is 1.59. The monoisotopic (exact) mass is 237 g/mol. The summed E-state index contributed by atoms with van der Waals surface area (Å²) < 4.78 is 1.77. The van der Waals surface area contributed by atoms with Crippen LogP contribution in [0.4, 0.5) is 0 Å². The normalized spacial score (nSPS) is 12.4. The molecule has 0 N–H and O–H groups in total. The SMILES string of the molecule is Cc1nn(C)c2ncc(C(C)(C)C)c(Cl)c12. The van der Waals surface area contributed by atoms with Crippen LogP contribution in [0.15, 0.2) is 6.20 Å². The summed E-state index contributed by atoms with van der Waals surface area (Å²) in [5, 5.41) is 6.09. The Kier molecular flexibility index (Phi) is 2.46. The Balaban J connectivity index is 2.84. The lowest BCUT2D eigenvalue weighted by atomic mass is 9.87. The van der Waals surface area contributed by atoms with Gasteiger partial charge in [0.1, 0.15) is 0 Å². The van der Waals surface area contributed by atoms with E-state index < -0.39 is 0 Å². The molecule has 2 heterocycles. The Morgan fingerprint density at radius 1 is 1.31 bits per heavy atom. The number of halogens is 1. The van der Waals surface area contributed by atoms with Gasteiger partial charge >= 0.3 is 0 Å². The molecular weight excluding hydrogens is 222 g/mol. The molecule has 3 nitrogen and oxygen atoms in total. The summed E-state index contributed by atoms with van der Waals surface area (Å²) >= 11 is 6.45. The summed E-state index contributed by atoms with van der Waals surface area (Å²) in [6.45, 7) is 8.36. The smallest absolute Gasteiger partial charge is 0.159 e. The van der Waals surface area contributed by atoms with Gasteiger partial charge in [-0.3, -0.25) is 4.68 Å². The van der Waals surface area contributed by atoms with Crippen molar-refractivity contribution in [2.75, 3.05) is 0 Å². The predicted octanol–water partition coefficient (Wildman–Crippen LogP) is 3.23. The number of aryl methyl sites for hydroxylation is 2. The fraction of sp³-hybridized carbons (Fsp3) is 0.500. The van der Waals surface area contributed by atoms with Gasteiger partial charge in [0.2, 0.25) is 0 Å². The second-order valence-electron chi connectivity index (χ2n) is 5.14. The lowest BCUT2D eigenvalue weighted by molar-refractivity contribution is 0.588. The maximum absolute atomic E-state index is 6.45. The van der Waals surface area contributed by atoms with Gasteiger partial charge in [0, 0.05) is 13.2 Å². The van der Waals surface area contributed by atoms with Gasteiger partial charge in [-0.15, -0.1) is 0 Å². The number of fused-ring (bicyclic) bond motifs is 1. The van der Waals surface area contributed by atoms with Crippen LogP contribution in [0.3, 0.4) is 0 Å². The number of rotatable bonds is 0. The summed E-state index contributed by atoms with van der Waals surface area (Å²) in [5.41, 5.74) is 2.84. The highest BCUT2D eigenvalue weighted by molar-refractivity contribution is 6.36. The first-order chi connectivity index (χ1) is 7.32. The number of nitrogens with zero attached hydrogens (tertiary/aromatic N) is 3. The number of hydrogen-bond acceptors (Lipinski definition) is 2. The van der Waals surface area contributed by atoms with Gasteiger partial charge in [0.15, 0.2) is 5.65 Å². The van der Waals surface area contributed by atoms with Gasteiger partial charge < -0.3 is 0 Å². The van der Waals surface area contributed by atoms with Gasteiger partial charge in [0.05, 0.1) is 16.1 Å². The maximum atomic E-state index is 6.45. The van der Waals surface area contributed by atoms with Gasteiger partial charge in [-0.05, 0) is 17.9 Å². The molecule has 0 aliphatic carbocycles. The molecule has 0 saturated heterocycles. The standard InChI is InChI=1S/C12H16ClN3/c1-7-9-10(13)8(12(2,3)4)6-14-11(9)16(5)15-7/h6H,1-5H3. The van der Waals surface area contributed by atoms with Crippen molar-refractivity contribution in [3.05, 3.63) is 22.5 Å². The molecule has 0 aliphatic heterocycles. The van der Waals surface area contributed by atoms with Gasteiger partial charge in [0.25, 0.3) is 0 Å². The fourth-order valence-electron chi connectivity index (χ4n) is 1.89. The molecule has 0 aromatic carbocycles. The molecule has 0 atom stereocenters. The summed E-state index contributed by atoms with van der Waals surface area (Å²) in [6.07, 6.45) is 1.85. The zero-order valence-corrected chi connectivity index (χ0v) is 11.1. The highest BCUT2D eigenvalue weighted by atomic mass is 35.5. The molecule has 0 aliphatic rings. The van der Waals surface area contributed by atoms with Crippen LogP contribution in [0.1, 0.15) is 32.0 Å². The van der Waals surface area contributed by atoms with Crippen molar-refractivity contribution in [2.24, 2.45) is 7.05 Å². The largest absolute Gasteiger partial charge is 0.250 e. The average Bonchev–Trinajstić information content (AvgIpc) is 2.41.